The Morgan fingerprint density at radius 2 is 1.93 bits per heavy atom. The van der Waals surface area contributed by atoms with Gasteiger partial charge in [0.05, 0.1) is 16.8 Å². The van der Waals surface area contributed by atoms with Gasteiger partial charge in [0.25, 0.3) is 5.91 Å². The highest BCUT2D eigenvalue weighted by molar-refractivity contribution is 7.16. The van der Waals surface area contributed by atoms with Gasteiger partial charge >= 0.3 is 5.97 Å². The molecule has 1 aromatic heterocycles. The molecule has 1 aliphatic rings. The van der Waals surface area contributed by atoms with Crippen molar-refractivity contribution in [2.75, 3.05) is 13.4 Å². The summed E-state index contributed by atoms with van der Waals surface area (Å²) in [4.78, 5) is 29.0. The minimum absolute atomic E-state index is 0.108. The Bertz CT molecular complexity index is 1130. The SMILES string of the molecule is CCOC(=O)Cn1c(=NC(=O)c2ccc(F)cc2)sc2cc3c(cc21)OCO3. The normalized spacial score (nSPS) is 13.1. The van der Waals surface area contributed by atoms with Crippen molar-refractivity contribution in [2.24, 2.45) is 4.99 Å². The molecule has 0 atom stereocenters. The molecule has 2 aromatic carbocycles. The molecule has 0 spiro atoms. The molecule has 1 amide bonds. The summed E-state index contributed by atoms with van der Waals surface area (Å²) in [6.07, 6.45) is 0. The van der Waals surface area contributed by atoms with Crippen LogP contribution in [0.1, 0.15) is 17.3 Å². The fourth-order valence-electron chi connectivity index (χ4n) is 2.78. The number of rotatable bonds is 4. The lowest BCUT2D eigenvalue weighted by Gasteiger charge is -2.05. The van der Waals surface area contributed by atoms with Gasteiger partial charge in [-0.1, -0.05) is 11.3 Å². The molecule has 0 saturated heterocycles. The number of halogens is 1. The number of amides is 1. The predicted octanol–water partition coefficient (Wildman–Crippen LogP) is 2.87. The number of aromatic nitrogens is 1. The van der Waals surface area contributed by atoms with Crippen LogP contribution in [0.15, 0.2) is 41.4 Å². The molecule has 0 aliphatic carbocycles. The summed E-state index contributed by atoms with van der Waals surface area (Å²) < 4.78 is 31.3. The van der Waals surface area contributed by atoms with Crippen molar-refractivity contribution in [1.29, 1.82) is 0 Å². The molecule has 2 heterocycles. The number of carbonyl (C=O) groups excluding carboxylic acids is 2. The van der Waals surface area contributed by atoms with Crippen LogP contribution in [0.4, 0.5) is 4.39 Å². The van der Waals surface area contributed by atoms with E-state index in [1.165, 1.54) is 35.6 Å². The molecule has 28 heavy (non-hydrogen) atoms. The smallest absolute Gasteiger partial charge is 0.326 e. The van der Waals surface area contributed by atoms with Crippen LogP contribution in [-0.4, -0.2) is 29.8 Å². The van der Waals surface area contributed by atoms with E-state index in [9.17, 15) is 14.0 Å². The van der Waals surface area contributed by atoms with E-state index in [2.05, 4.69) is 4.99 Å². The van der Waals surface area contributed by atoms with E-state index in [0.29, 0.717) is 21.8 Å². The zero-order valence-electron chi connectivity index (χ0n) is 14.8. The molecule has 4 rings (SSSR count). The maximum absolute atomic E-state index is 13.1. The number of esters is 1. The van der Waals surface area contributed by atoms with Crippen LogP contribution < -0.4 is 14.3 Å². The molecule has 0 bridgehead atoms. The summed E-state index contributed by atoms with van der Waals surface area (Å²) >= 11 is 1.23. The maximum Gasteiger partial charge on any atom is 0.326 e. The molecule has 144 valence electrons. The van der Waals surface area contributed by atoms with Gasteiger partial charge in [-0.2, -0.15) is 4.99 Å². The number of hydrogen-bond acceptors (Lipinski definition) is 6. The molecular weight excluding hydrogens is 387 g/mol. The van der Waals surface area contributed by atoms with Crippen LogP contribution in [-0.2, 0) is 16.1 Å². The third-order valence-corrected chi connectivity index (χ3v) is 5.10. The first kappa shape index (κ1) is 18.2. The largest absolute Gasteiger partial charge is 0.465 e. The molecule has 0 unspecified atom stereocenters. The molecule has 3 aromatic rings. The number of nitrogens with zero attached hydrogens (tertiary/aromatic N) is 2. The third-order valence-electron chi connectivity index (χ3n) is 4.06. The topological polar surface area (TPSA) is 79.1 Å². The van der Waals surface area contributed by atoms with Gasteiger partial charge in [-0.25, -0.2) is 4.39 Å². The molecule has 0 N–H and O–H groups in total. The second kappa shape index (κ2) is 7.43. The fourth-order valence-corrected chi connectivity index (χ4v) is 3.82. The first-order valence-electron chi connectivity index (χ1n) is 8.48. The zero-order valence-corrected chi connectivity index (χ0v) is 15.6. The van der Waals surface area contributed by atoms with Crippen molar-refractivity contribution in [1.82, 2.24) is 4.57 Å². The number of benzene rings is 2. The Labute approximate surface area is 162 Å². The molecule has 7 nitrogen and oxygen atoms in total. The minimum Gasteiger partial charge on any atom is -0.465 e. The average molecular weight is 402 g/mol. The molecule has 0 saturated carbocycles. The second-order valence-electron chi connectivity index (χ2n) is 5.87. The van der Waals surface area contributed by atoms with Gasteiger partial charge in [-0.15, -0.1) is 0 Å². The van der Waals surface area contributed by atoms with Crippen LogP contribution in [0.5, 0.6) is 11.5 Å². The summed E-state index contributed by atoms with van der Waals surface area (Å²) in [6, 6.07) is 8.64. The Morgan fingerprint density at radius 1 is 1.21 bits per heavy atom. The van der Waals surface area contributed by atoms with Crippen LogP contribution >= 0.6 is 11.3 Å². The highest BCUT2D eigenvalue weighted by Crippen LogP contribution is 2.37. The summed E-state index contributed by atoms with van der Waals surface area (Å²) in [7, 11) is 0. The average Bonchev–Trinajstić information content (AvgIpc) is 3.25. The Kier molecular flexibility index (Phi) is 4.82. The minimum atomic E-state index is -0.538. The lowest BCUT2D eigenvalue weighted by atomic mass is 10.2. The quantitative estimate of drug-likeness (QED) is 0.627. The van der Waals surface area contributed by atoms with Gasteiger partial charge in [0, 0.05) is 17.7 Å². The van der Waals surface area contributed by atoms with Gasteiger partial charge in [0.1, 0.15) is 12.4 Å². The summed E-state index contributed by atoms with van der Waals surface area (Å²) in [6.45, 7) is 1.98. The summed E-state index contributed by atoms with van der Waals surface area (Å²) in [5.41, 5.74) is 0.920. The van der Waals surface area contributed by atoms with Gasteiger partial charge in [0.2, 0.25) is 6.79 Å². The van der Waals surface area contributed by atoms with E-state index < -0.39 is 17.7 Å². The van der Waals surface area contributed by atoms with E-state index in [0.717, 1.165) is 4.70 Å². The van der Waals surface area contributed by atoms with Gasteiger partial charge in [-0.05, 0) is 31.2 Å². The molecule has 0 radical (unpaired) electrons. The number of hydrogen-bond donors (Lipinski definition) is 0. The maximum atomic E-state index is 13.1. The van der Waals surface area contributed by atoms with Crippen LogP contribution in [0, 0.1) is 5.82 Å². The molecule has 1 aliphatic heterocycles. The molecule has 9 heteroatoms. The lowest BCUT2D eigenvalue weighted by molar-refractivity contribution is -0.143. The second-order valence-corrected chi connectivity index (χ2v) is 6.88. The Hall–Kier alpha value is -3.20. The van der Waals surface area contributed by atoms with Crippen molar-refractivity contribution < 1.29 is 28.2 Å². The van der Waals surface area contributed by atoms with Crippen molar-refractivity contribution in [3.63, 3.8) is 0 Å². The standard InChI is InChI=1S/C19H15FN2O5S/c1-2-25-17(23)9-22-13-7-14-15(27-10-26-14)8-16(13)28-19(22)21-18(24)11-3-5-12(20)6-4-11/h3-8H,2,9-10H2,1H3. The van der Waals surface area contributed by atoms with E-state index in [-0.39, 0.29) is 25.5 Å². The lowest BCUT2D eigenvalue weighted by Crippen LogP contribution is -2.23. The van der Waals surface area contributed by atoms with E-state index in [1.807, 2.05) is 0 Å². The monoisotopic (exact) mass is 402 g/mol. The molecule has 0 fully saturated rings. The number of ether oxygens (including phenoxy) is 3. The fraction of sp³-hybridized carbons (Fsp3) is 0.211. The highest BCUT2D eigenvalue weighted by Gasteiger charge is 2.19. The van der Waals surface area contributed by atoms with E-state index >= 15 is 0 Å². The summed E-state index contributed by atoms with van der Waals surface area (Å²) in [5.74, 6) is -0.280. The number of thiazole rings is 1. The highest BCUT2D eigenvalue weighted by atomic mass is 32.1. The van der Waals surface area contributed by atoms with Crippen molar-refractivity contribution in [3.8, 4) is 11.5 Å². The zero-order chi connectivity index (χ0) is 19.7. The van der Waals surface area contributed by atoms with Crippen LogP contribution in [0.2, 0.25) is 0 Å². The van der Waals surface area contributed by atoms with E-state index in [1.54, 1.807) is 23.6 Å². The van der Waals surface area contributed by atoms with Crippen molar-refractivity contribution in [3.05, 3.63) is 52.6 Å². The predicted molar refractivity (Wildman–Crippen MR) is 98.9 cm³/mol. The first-order valence-corrected chi connectivity index (χ1v) is 9.30. The Balaban J connectivity index is 1.82. The van der Waals surface area contributed by atoms with Crippen molar-refractivity contribution >= 4 is 33.4 Å². The number of carbonyl (C=O) groups is 2. The van der Waals surface area contributed by atoms with Crippen molar-refractivity contribution in [2.45, 2.75) is 13.5 Å². The van der Waals surface area contributed by atoms with Gasteiger partial charge < -0.3 is 18.8 Å². The van der Waals surface area contributed by atoms with Crippen LogP contribution in [0.25, 0.3) is 10.2 Å². The first-order chi connectivity index (χ1) is 13.5. The summed E-state index contributed by atoms with van der Waals surface area (Å²) in [5, 5.41) is 0. The van der Waals surface area contributed by atoms with Crippen LogP contribution in [0.3, 0.4) is 0 Å². The van der Waals surface area contributed by atoms with Gasteiger partial charge in [-0.3, -0.25) is 9.59 Å². The third kappa shape index (κ3) is 3.48. The molecular formula is C19H15FN2O5S. The van der Waals surface area contributed by atoms with Gasteiger partial charge in [0.15, 0.2) is 16.3 Å². The van der Waals surface area contributed by atoms with E-state index in [4.69, 9.17) is 14.2 Å². The number of fused-ring (bicyclic) bond motifs is 2. The Morgan fingerprint density at radius 3 is 2.64 bits per heavy atom.